The van der Waals surface area contributed by atoms with Crippen LogP contribution in [0.1, 0.15) is 13.8 Å². The third-order valence-corrected chi connectivity index (χ3v) is 9.25. The van der Waals surface area contributed by atoms with Gasteiger partial charge in [-0.3, -0.25) is 4.79 Å². The molecule has 2 aromatic carbocycles. The first-order valence-corrected chi connectivity index (χ1v) is 16.2. The predicted molar refractivity (Wildman–Crippen MR) is 170 cm³/mol. The molecule has 286 valence electrons. The highest BCUT2D eigenvalue weighted by Gasteiger charge is 2.51. The van der Waals surface area contributed by atoms with Crippen LogP contribution in [0.4, 0.5) is 0 Å². The van der Waals surface area contributed by atoms with Crippen LogP contribution >= 0.6 is 0 Å². The summed E-state index contributed by atoms with van der Waals surface area (Å²) in [6, 6.07) is 7.45. The van der Waals surface area contributed by atoms with Gasteiger partial charge in [0, 0.05) is 17.7 Å². The van der Waals surface area contributed by atoms with Crippen LogP contribution in [-0.4, -0.2) is 155 Å². The summed E-state index contributed by atoms with van der Waals surface area (Å²) in [5.41, 5.74) is -1.11. The van der Waals surface area contributed by atoms with E-state index in [-0.39, 0.29) is 28.4 Å². The molecule has 11 N–H and O–H groups in total. The van der Waals surface area contributed by atoms with Crippen LogP contribution < -0.4 is 14.9 Å². The number of aromatic hydroxyl groups is 2. The van der Waals surface area contributed by atoms with Crippen molar-refractivity contribution in [3.8, 4) is 34.3 Å². The normalized spacial score (nSPS) is 38.2. The fourth-order valence-corrected chi connectivity index (χ4v) is 6.19. The summed E-state index contributed by atoms with van der Waals surface area (Å²) < 4.78 is 39.7. The molecule has 0 spiro atoms. The van der Waals surface area contributed by atoms with E-state index in [1.54, 1.807) is 0 Å². The minimum atomic E-state index is -1.94. The van der Waals surface area contributed by atoms with Gasteiger partial charge in [-0.2, -0.15) is 0 Å². The third kappa shape index (κ3) is 7.03. The molecule has 19 heteroatoms. The van der Waals surface area contributed by atoms with Crippen LogP contribution in [0.15, 0.2) is 45.6 Å². The molecule has 0 bridgehead atoms. The summed E-state index contributed by atoms with van der Waals surface area (Å²) >= 11 is 0. The van der Waals surface area contributed by atoms with E-state index in [1.807, 2.05) is 0 Å². The van der Waals surface area contributed by atoms with E-state index >= 15 is 0 Å². The van der Waals surface area contributed by atoms with Gasteiger partial charge in [-0.15, -0.1) is 0 Å². The number of phenolic OH excluding ortho intramolecular Hbond substituents is 2. The van der Waals surface area contributed by atoms with E-state index < -0.39 is 121 Å². The first kappa shape index (κ1) is 38.1. The quantitative estimate of drug-likeness (QED) is 0.110. The summed E-state index contributed by atoms with van der Waals surface area (Å²) in [5.74, 6) is -1.92. The Labute approximate surface area is 293 Å². The van der Waals surface area contributed by atoms with Crippen LogP contribution in [0.5, 0.6) is 23.0 Å². The van der Waals surface area contributed by atoms with Crippen LogP contribution in [-0.2, 0) is 18.9 Å². The van der Waals surface area contributed by atoms with Gasteiger partial charge in [-0.1, -0.05) is 0 Å². The number of ether oxygens (including phenoxy) is 6. The zero-order valence-electron chi connectivity index (χ0n) is 27.5. The highest BCUT2D eigenvalue weighted by atomic mass is 16.7. The summed E-state index contributed by atoms with van der Waals surface area (Å²) in [4.78, 5) is 14.1. The second kappa shape index (κ2) is 15.0. The number of phenols is 2. The van der Waals surface area contributed by atoms with Crippen LogP contribution in [0, 0.1) is 0 Å². The van der Waals surface area contributed by atoms with Gasteiger partial charge in [-0.25, -0.2) is 0 Å². The van der Waals surface area contributed by atoms with E-state index in [0.29, 0.717) is 0 Å². The van der Waals surface area contributed by atoms with Crippen molar-refractivity contribution in [1.29, 1.82) is 0 Å². The number of hydrogen-bond acceptors (Lipinski definition) is 19. The lowest BCUT2D eigenvalue weighted by Gasteiger charge is -2.45. The molecular formula is C33H40O19. The number of aliphatic hydroxyl groups excluding tert-OH is 9. The average Bonchev–Trinajstić information content (AvgIpc) is 3.11. The van der Waals surface area contributed by atoms with E-state index in [2.05, 4.69) is 0 Å². The van der Waals surface area contributed by atoms with Gasteiger partial charge in [-0.05, 0) is 38.1 Å². The van der Waals surface area contributed by atoms with Crippen molar-refractivity contribution >= 4 is 11.0 Å². The Morgan fingerprint density at radius 1 is 0.673 bits per heavy atom. The molecule has 1 aromatic heterocycles. The van der Waals surface area contributed by atoms with Crippen molar-refractivity contribution in [3.63, 3.8) is 0 Å². The van der Waals surface area contributed by atoms with Crippen LogP contribution in [0.3, 0.4) is 0 Å². The standard InChI is InChI=1S/C33H40O19/c1-10-19(37)23(41)25(43)31(46-10)48-14-7-15(36)18-16(8-14)49-28(12-3-5-13(35)6-4-12)30(22(18)40)52-33-27(45)29(20(38)11(2)47-33)51-32-26(44)24(42)21(39)17(9-34)50-32/h3-8,10-11,17,19-21,23-27,29,31-39,41-45H,9H2,1-2H3. The Hall–Kier alpha value is -3.67. The molecule has 4 heterocycles. The molecule has 6 rings (SSSR count). The van der Waals surface area contributed by atoms with Crippen molar-refractivity contribution in [1.82, 2.24) is 0 Å². The van der Waals surface area contributed by atoms with Crippen LogP contribution in [0.2, 0.25) is 0 Å². The fourth-order valence-electron chi connectivity index (χ4n) is 6.19. The summed E-state index contributed by atoms with van der Waals surface area (Å²) in [6.07, 6.45) is -23.9. The number of fused-ring (bicyclic) bond motifs is 1. The maximum Gasteiger partial charge on any atom is 0.239 e. The van der Waals surface area contributed by atoms with Gasteiger partial charge in [0.05, 0.1) is 18.8 Å². The highest BCUT2D eigenvalue weighted by Crippen LogP contribution is 2.39. The van der Waals surface area contributed by atoms with Crippen molar-refractivity contribution in [2.45, 2.75) is 106 Å². The van der Waals surface area contributed by atoms with Crippen molar-refractivity contribution < 1.29 is 89.0 Å². The second-order valence-electron chi connectivity index (χ2n) is 12.9. The topological polar surface area (TPSA) is 308 Å². The maximum absolute atomic E-state index is 14.1. The lowest BCUT2D eigenvalue weighted by atomic mass is 9.97. The molecule has 3 aromatic rings. The number of hydrogen-bond donors (Lipinski definition) is 11. The van der Waals surface area contributed by atoms with Gasteiger partial charge in [0.1, 0.15) is 89.3 Å². The van der Waals surface area contributed by atoms with Gasteiger partial charge in [0.25, 0.3) is 0 Å². The van der Waals surface area contributed by atoms with E-state index in [1.165, 1.54) is 44.2 Å². The molecule has 3 saturated heterocycles. The first-order chi connectivity index (χ1) is 24.6. The van der Waals surface area contributed by atoms with E-state index in [9.17, 15) is 61.0 Å². The van der Waals surface area contributed by atoms with Crippen molar-refractivity contribution in [2.24, 2.45) is 0 Å². The van der Waals surface area contributed by atoms with Crippen molar-refractivity contribution in [2.75, 3.05) is 6.61 Å². The molecule has 15 unspecified atom stereocenters. The second-order valence-corrected chi connectivity index (χ2v) is 12.9. The molecule has 52 heavy (non-hydrogen) atoms. The Morgan fingerprint density at radius 3 is 1.92 bits per heavy atom. The van der Waals surface area contributed by atoms with Crippen molar-refractivity contribution in [3.05, 3.63) is 46.6 Å². The Balaban J connectivity index is 1.35. The lowest BCUT2D eigenvalue weighted by Crippen LogP contribution is -2.64. The Kier molecular flexibility index (Phi) is 11.0. The largest absolute Gasteiger partial charge is 0.508 e. The number of aliphatic hydroxyl groups is 9. The van der Waals surface area contributed by atoms with Crippen LogP contribution in [0.25, 0.3) is 22.3 Å². The maximum atomic E-state index is 14.1. The molecule has 0 radical (unpaired) electrons. The Morgan fingerprint density at radius 2 is 1.27 bits per heavy atom. The molecule has 0 amide bonds. The average molecular weight is 741 g/mol. The smallest absolute Gasteiger partial charge is 0.239 e. The van der Waals surface area contributed by atoms with Gasteiger partial charge >= 0.3 is 0 Å². The van der Waals surface area contributed by atoms with Gasteiger partial charge < -0.3 is 89.0 Å². The molecule has 3 aliphatic heterocycles. The SMILES string of the molecule is CC1OC(Oc2cc(O)c3c(=O)c(OC4OC(C)C(O)C(OC5OC(CO)C(O)C(O)C5O)C4O)c(-c4ccc(O)cc4)oc3c2)C(O)C(O)C1O. The minimum Gasteiger partial charge on any atom is -0.508 e. The molecule has 0 saturated carbocycles. The Bertz CT molecular complexity index is 1760. The predicted octanol–water partition coefficient (Wildman–Crippen LogP) is -2.89. The molecule has 15 atom stereocenters. The lowest BCUT2D eigenvalue weighted by molar-refractivity contribution is -0.350. The molecular weight excluding hydrogens is 700 g/mol. The summed E-state index contributed by atoms with van der Waals surface area (Å²) in [7, 11) is 0. The first-order valence-electron chi connectivity index (χ1n) is 16.2. The molecule has 3 fully saturated rings. The number of rotatable bonds is 8. The fraction of sp³-hybridized carbons (Fsp3) is 0.545. The number of benzene rings is 2. The third-order valence-electron chi connectivity index (χ3n) is 9.25. The molecule has 3 aliphatic rings. The van der Waals surface area contributed by atoms with Gasteiger partial charge in [0.2, 0.25) is 23.8 Å². The monoisotopic (exact) mass is 740 g/mol. The van der Waals surface area contributed by atoms with E-state index in [4.69, 9.17) is 32.8 Å². The summed E-state index contributed by atoms with van der Waals surface area (Å²) in [5, 5.41) is 114. The molecule has 19 nitrogen and oxygen atoms in total. The minimum absolute atomic E-state index is 0.141. The zero-order chi connectivity index (χ0) is 37.8. The zero-order valence-corrected chi connectivity index (χ0v) is 27.5. The molecule has 0 aliphatic carbocycles. The highest BCUT2D eigenvalue weighted by molar-refractivity contribution is 5.88. The summed E-state index contributed by atoms with van der Waals surface area (Å²) in [6.45, 7) is 2.05. The van der Waals surface area contributed by atoms with E-state index in [0.717, 1.165) is 6.07 Å². The van der Waals surface area contributed by atoms with Gasteiger partial charge in [0.15, 0.2) is 12.1 Å².